The van der Waals surface area contributed by atoms with Crippen molar-refractivity contribution >= 4 is 17.3 Å². The van der Waals surface area contributed by atoms with Crippen molar-refractivity contribution in [2.24, 2.45) is 7.05 Å². The molecule has 0 aromatic carbocycles. The lowest BCUT2D eigenvalue weighted by molar-refractivity contribution is -0.350. The standard InChI is InChI=1S/C18H11F7N4O2S/c1-28-13(16(19,17(20,21)22)18(23,24)25)3-4-14(28)29-8-9(7-27-29)11-5-10(15(30)31-2)12(6-26)32-11/h3-5,7-8H,1-2H3. The van der Waals surface area contributed by atoms with E-state index in [2.05, 4.69) is 9.84 Å². The third-order valence-corrected chi connectivity index (χ3v) is 5.66. The van der Waals surface area contributed by atoms with Crippen LogP contribution in [-0.2, 0) is 17.5 Å². The van der Waals surface area contributed by atoms with Gasteiger partial charge in [-0.15, -0.1) is 11.3 Å². The molecule has 0 saturated carbocycles. The minimum atomic E-state index is -6.25. The van der Waals surface area contributed by atoms with Crippen molar-refractivity contribution in [3.63, 3.8) is 0 Å². The van der Waals surface area contributed by atoms with Crippen LogP contribution in [0.1, 0.15) is 20.9 Å². The van der Waals surface area contributed by atoms with Crippen LogP contribution < -0.4 is 0 Å². The molecule has 170 valence electrons. The van der Waals surface area contributed by atoms with Gasteiger partial charge in [-0.05, 0) is 18.2 Å². The molecule has 3 heterocycles. The number of thiophene rings is 1. The zero-order chi connectivity index (χ0) is 24.1. The molecule has 3 rings (SSSR count). The van der Waals surface area contributed by atoms with Crippen LogP contribution in [0.25, 0.3) is 16.3 Å². The number of aromatic nitrogens is 3. The third-order valence-electron chi connectivity index (χ3n) is 4.57. The van der Waals surface area contributed by atoms with Crippen molar-refractivity contribution in [2.75, 3.05) is 7.11 Å². The lowest BCUT2D eigenvalue weighted by Crippen LogP contribution is -2.51. The smallest absolute Gasteiger partial charge is 0.437 e. The minimum Gasteiger partial charge on any atom is -0.465 e. The number of ether oxygens (including phenoxy) is 1. The number of hydrogen-bond donors (Lipinski definition) is 0. The van der Waals surface area contributed by atoms with Gasteiger partial charge < -0.3 is 9.30 Å². The lowest BCUT2D eigenvalue weighted by atomic mass is 10.0. The van der Waals surface area contributed by atoms with Crippen molar-refractivity contribution in [3.8, 4) is 22.3 Å². The number of nitriles is 1. The number of halogens is 7. The normalized spacial score (nSPS) is 12.6. The zero-order valence-electron chi connectivity index (χ0n) is 16.0. The maximum Gasteiger partial charge on any atom is 0.437 e. The van der Waals surface area contributed by atoms with Crippen molar-refractivity contribution < 1.29 is 40.3 Å². The van der Waals surface area contributed by atoms with Gasteiger partial charge in [-0.2, -0.15) is 36.7 Å². The molecule has 0 saturated heterocycles. The van der Waals surface area contributed by atoms with Gasteiger partial charge in [-0.3, -0.25) is 0 Å². The highest BCUT2D eigenvalue weighted by atomic mass is 32.1. The summed E-state index contributed by atoms with van der Waals surface area (Å²) in [6, 6.07) is 4.40. The Labute approximate surface area is 179 Å². The number of hydrogen-bond acceptors (Lipinski definition) is 5. The second-order valence-electron chi connectivity index (χ2n) is 6.42. The molecule has 0 radical (unpaired) electrons. The highest BCUT2D eigenvalue weighted by Gasteiger charge is 2.74. The summed E-state index contributed by atoms with van der Waals surface area (Å²) in [5, 5.41) is 13.1. The molecule has 3 aromatic heterocycles. The van der Waals surface area contributed by atoms with Gasteiger partial charge in [0.25, 0.3) is 0 Å². The third kappa shape index (κ3) is 3.52. The van der Waals surface area contributed by atoms with Crippen LogP contribution in [0, 0.1) is 11.3 Å². The molecule has 0 aliphatic rings. The summed E-state index contributed by atoms with van der Waals surface area (Å²) in [4.78, 5) is 12.2. The first-order chi connectivity index (χ1) is 14.8. The van der Waals surface area contributed by atoms with E-state index < -0.39 is 29.7 Å². The summed E-state index contributed by atoms with van der Waals surface area (Å²) in [7, 11) is 1.96. The maximum absolute atomic E-state index is 14.4. The van der Waals surface area contributed by atoms with E-state index in [1.165, 1.54) is 18.5 Å². The predicted octanol–water partition coefficient (Wildman–Crippen LogP) is 4.89. The highest BCUT2D eigenvalue weighted by Crippen LogP contribution is 2.53. The van der Waals surface area contributed by atoms with E-state index in [1.807, 2.05) is 6.07 Å². The number of carbonyl (C=O) groups excluding carboxylic acids is 1. The first-order valence-corrected chi connectivity index (χ1v) is 9.24. The van der Waals surface area contributed by atoms with Crippen molar-refractivity contribution in [2.45, 2.75) is 18.0 Å². The molecule has 0 atom stereocenters. The molecular weight excluding hydrogens is 469 g/mol. The Balaban J connectivity index is 2.06. The largest absolute Gasteiger partial charge is 0.465 e. The minimum absolute atomic E-state index is 0.0125. The molecule has 0 unspecified atom stereocenters. The Morgan fingerprint density at radius 1 is 1.16 bits per heavy atom. The zero-order valence-corrected chi connectivity index (χ0v) is 16.9. The van der Waals surface area contributed by atoms with Crippen LogP contribution >= 0.6 is 11.3 Å². The molecule has 3 aromatic rings. The van der Waals surface area contributed by atoms with Gasteiger partial charge in [0.15, 0.2) is 0 Å². The first-order valence-electron chi connectivity index (χ1n) is 8.42. The Kier molecular flexibility index (Phi) is 5.58. The van der Waals surface area contributed by atoms with Crippen molar-refractivity contribution in [3.05, 3.63) is 46.7 Å². The van der Waals surface area contributed by atoms with Gasteiger partial charge in [0.1, 0.15) is 16.8 Å². The highest BCUT2D eigenvalue weighted by molar-refractivity contribution is 7.16. The number of nitrogens with zero attached hydrogens (tertiary/aromatic N) is 4. The average molecular weight is 480 g/mol. The van der Waals surface area contributed by atoms with Gasteiger partial charge >= 0.3 is 24.0 Å². The summed E-state index contributed by atoms with van der Waals surface area (Å²) >= 11 is 0.906. The fourth-order valence-electron chi connectivity index (χ4n) is 2.98. The molecule has 32 heavy (non-hydrogen) atoms. The van der Waals surface area contributed by atoms with Crippen LogP contribution in [0.4, 0.5) is 30.7 Å². The van der Waals surface area contributed by atoms with Gasteiger partial charge in [0.05, 0.1) is 24.6 Å². The van der Waals surface area contributed by atoms with Crippen LogP contribution in [0.15, 0.2) is 30.6 Å². The number of methoxy groups -OCH3 is 1. The van der Waals surface area contributed by atoms with Gasteiger partial charge in [0.2, 0.25) is 0 Å². The molecule has 0 aliphatic heterocycles. The Bertz CT molecular complexity index is 1200. The maximum atomic E-state index is 14.4. The predicted molar refractivity (Wildman–Crippen MR) is 96.8 cm³/mol. The molecular formula is C18H11F7N4O2S. The SMILES string of the molecule is COC(=O)c1cc(-c2cnn(-c3ccc(C(F)(C(F)(F)F)C(F)(F)F)n3C)c2)sc1C#N. The summed E-state index contributed by atoms with van der Waals surface area (Å²) in [6.45, 7) is 0. The summed E-state index contributed by atoms with van der Waals surface area (Å²) in [6.07, 6.45) is -10.0. The number of rotatable bonds is 4. The van der Waals surface area contributed by atoms with E-state index in [1.54, 1.807) is 0 Å². The van der Waals surface area contributed by atoms with E-state index in [-0.39, 0.29) is 16.3 Å². The molecule has 0 fully saturated rings. The second kappa shape index (κ2) is 7.66. The Morgan fingerprint density at radius 3 is 2.31 bits per heavy atom. The van der Waals surface area contributed by atoms with Crippen LogP contribution in [0.2, 0.25) is 0 Å². The summed E-state index contributed by atoms with van der Waals surface area (Å²) in [5.74, 6) is -1.05. The molecule has 0 amide bonds. The van der Waals surface area contributed by atoms with Crippen molar-refractivity contribution in [1.29, 1.82) is 5.26 Å². The van der Waals surface area contributed by atoms with Gasteiger partial charge in [-0.25, -0.2) is 13.9 Å². The summed E-state index contributed by atoms with van der Waals surface area (Å²) in [5.41, 5.74) is -6.96. The van der Waals surface area contributed by atoms with Gasteiger partial charge in [0, 0.05) is 23.7 Å². The fourth-order valence-corrected chi connectivity index (χ4v) is 3.90. The summed E-state index contributed by atoms with van der Waals surface area (Å²) < 4.78 is 98.8. The van der Waals surface area contributed by atoms with E-state index in [9.17, 15) is 35.5 Å². The van der Waals surface area contributed by atoms with Crippen LogP contribution in [-0.4, -0.2) is 39.8 Å². The average Bonchev–Trinajstić information content (AvgIpc) is 3.42. The fraction of sp³-hybridized carbons (Fsp3) is 0.278. The first kappa shape index (κ1) is 23.3. The molecule has 0 N–H and O–H groups in total. The second-order valence-corrected chi connectivity index (χ2v) is 7.47. The Hall–Kier alpha value is -3.34. The van der Waals surface area contributed by atoms with E-state index in [0.29, 0.717) is 21.1 Å². The quantitative estimate of drug-likeness (QED) is 0.394. The number of carbonyl (C=O) groups is 1. The Morgan fingerprint density at radius 2 is 1.78 bits per heavy atom. The van der Waals surface area contributed by atoms with Crippen LogP contribution in [0.3, 0.4) is 0 Å². The van der Waals surface area contributed by atoms with Crippen molar-refractivity contribution in [1.82, 2.24) is 14.3 Å². The number of alkyl halides is 7. The van der Waals surface area contributed by atoms with E-state index >= 15 is 0 Å². The molecule has 0 spiro atoms. The van der Waals surface area contributed by atoms with E-state index in [4.69, 9.17) is 5.26 Å². The molecule has 0 aliphatic carbocycles. The van der Waals surface area contributed by atoms with Crippen LogP contribution in [0.5, 0.6) is 0 Å². The molecule has 6 nitrogen and oxygen atoms in total. The molecule has 14 heteroatoms. The van der Waals surface area contributed by atoms with E-state index in [0.717, 1.165) is 36.2 Å². The van der Waals surface area contributed by atoms with Gasteiger partial charge in [-0.1, -0.05) is 0 Å². The lowest BCUT2D eigenvalue weighted by Gasteiger charge is -2.30. The number of esters is 1. The molecule has 0 bridgehead atoms. The monoisotopic (exact) mass is 480 g/mol. The topological polar surface area (TPSA) is 72.8 Å².